The summed E-state index contributed by atoms with van der Waals surface area (Å²) < 4.78 is 1.25. The first kappa shape index (κ1) is 9.71. The van der Waals surface area contributed by atoms with Gasteiger partial charge in [0.05, 0.1) is 0 Å². The highest BCUT2D eigenvalue weighted by Gasteiger charge is 1.97. The van der Waals surface area contributed by atoms with Crippen LogP contribution in [0.2, 0.25) is 0 Å². The second-order valence-corrected chi connectivity index (χ2v) is 4.53. The molecule has 69 valence electrons. The zero-order chi connectivity index (χ0) is 9.97. The molecule has 0 spiro atoms. The maximum atomic E-state index is 3.24. The van der Waals surface area contributed by atoms with Gasteiger partial charge < -0.3 is 0 Å². The van der Waals surface area contributed by atoms with Crippen LogP contribution in [0.1, 0.15) is 5.56 Å². The standard InChI is InChI=1S/C13H10I/c1-10-5-7-11(8-6-10)12-3-2-4-13(14)9-12/h2,4-9H,1H3. The van der Waals surface area contributed by atoms with Gasteiger partial charge in [-0.25, -0.2) is 0 Å². The summed E-state index contributed by atoms with van der Waals surface area (Å²) in [6.07, 6.45) is 0. The zero-order valence-electron chi connectivity index (χ0n) is 7.92. The smallest absolute Gasteiger partial charge is 0.0136 e. The summed E-state index contributed by atoms with van der Waals surface area (Å²) in [6.45, 7) is 2.10. The van der Waals surface area contributed by atoms with Crippen molar-refractivity contribution in [1.29, 1.82) is 0 Å². The fraction of sp³-hybridized carbons (Fsp3) is 0.0769. The lowest BCUT2D eigenvalue weighted by molar-refractivity contribution is 1.46. The minimum absolute atomic E-state index is 1.16. The molecule has 0 saturated carbocycles. The molecule has 0 aromatic heterocycles. The summed E-state index contributed by atoms with van der Waals surface area (Å²) in [5.74, 6) is 0. The van der Waals surface area contributed by atoms with E-state index in [4.69, 9.17) is 0 Å². The van der Waals surface area contributed by atoms with Gasteiger partial charge in [0.2, 0.25) is 0 Å². The normalized spacial score (nSPS) is 10.1. The van der Waals surface area contributed by atoms with E-state index >= 15 is 0 Å². The highest BCUT2D eigenvalue weighted by atomic mass is 127. The molecule has 0 aliphatic heterocycles. The molecular formula is C13H10I. The number of halogens is 1. The van der Waals surface area contributed by atoms with Gasteiger partial charge in [-0.1, -0.05) is 35.9 Å². The van der Waals surface area contributed by atoms with E-state index < -0.39 is 0 Å². The molecule has 0 fully saturated rings. The largest absolute Gasteiger partial charge is 0.0587 e. The van der Waals surface area contributed by atoms with Gasteiger partial charge in [-0.2, -0.15) is 0 Å². The van der Waals surface area contributed by atoms with E-state index in [0.717, 1.165) is 5.56 Å². The Morgan fingerprint density at radius 1 is 1.07 bits per heavy atom. The molecule has 0 unspecified atom stereocenters. The number of benzene rings is 2. The van der Waals surface area contributed by atoms with Gasteiger partial charge in [0, 0.05) is 3.57 Å². The minimum atomic E-state index is 1.16. The van der Waals surface area contributed by atoms with Gasteiger partial charge >= 0.3 is 0 Å². The number of aryl methyl sites for hydroxylation is 1. The van der Waals surface area contributed by atoms with Crippen LogP contribution in [0.4, 0.5) is 0 Å². The minimum Gasteiger partial charge on any atom is -0.0587 e. The Bertz CT molecular complexity index is 429. The second kappa shape index (κ2) is 4.13. The third-order valence-electron chi connectivity index (χ3n) is 2.13. The Hall–Kier alpha value is -0.830. The molecule has 2 aromatic rings. The molecule has 0 bridgehead atoms. The molecule has 0 saturated heterocycles. The fourth-order valence-corrected chi connectivity index (χ4v) is 1.83. The Morgan fingerprint density at radius 3 is 2.43 bits per heavy atom. The maximum Gasteiger partial charge on any atom is 0.0136 e. The lowest BCUT2D eigenvalue weighted by atomic mass is 10.0. The van der Waals surface area contributed by atoms with Crippen LogP contribution in [0, 0.1) is 16.6 Å². The molecule has 0 amide bonds. The van der Waals surface area contributed by atoms with E-state index in [0.29, 0.717) is 0 Å². The molecule has 0 nitrogen and oxygen atoms in total. The van der Waals surface area contributed by atoms with Crippen LogP contribution in [0.15, 0.2) is 42.5 Å². The Balaban J connectivity index is 2.44. The first-order valence-corrected chi connectivity index (χ1v) is 5.58. The molecule has 0 heterocycles. The molecule has 0 aliphatic carbocycles. The van der Waals surface area contributed by atoms with E-state index in [9.17, 15) is 0 Å². The first-order valence-electron chi connectivity index (χ1n) is 4.50. The molecule has 1 radical (unpaired) electrons. The van der Waals surface area contributed by atoms with E-state index in [1.54, 1.807) is 0 Å². The third-order valence-corrected chi connectivity index (χ3v) is 2.80. The van der Waals surface area contributed by atoms with Gasteiger partial charge in [0.25, 0.3) is 0 Å². The highest BCUT2D eigenvalue weighted by Crippen LogP contribution is 2.20. The van der Waals surface area contributed by atoms with Crippen LogP contribution in [0.5, 0.6) is 0 Å². The van der Waals surface area contributed by atoms with Gasteiger partial charge in [0.1, 0.15) is 0 Å². The van der Waals surface area contributed by atoms with Crippen molar-refractivity contribution in [2.24, 2.45) is 0 Å². The third kappa shape index (κ3) is 2.15. The lowest BCUT2D eigenvalue weighted by Gasteiger charge is -2.01. The van der Waals surface area contributed by atoms with Crippen molar-refractivity contribution < 1.29 is 0 Å². The van der Waals surface area contributed by atoms with E-state index in [-0.39, 0.29) is 0 Å². The first-order chi connectivity index (χ1) is 6.75. The quantitative estimate of drug-likeness (QED) is 0.695. The molecular weight excluding hydrogens is 283 g/mol. The second-order valence-electron chi connectivity index (χ2n) is 3.29. The molecule has 0 atom stereocenters. The van der Waals surface area contributed by atoms with Crippen molar-refractivity contribution in [2.45, 2.75) is 6.92 Å². The number of hydrogen-bond donors (Lipinski definition) is 0. The highest BCUT2D eigenvalue weighted by molar-refractivity contribution is 14.1. The summed E-state index contributed by atoms with van der Waals surface area (Å²) in [6, 6.07) is 17.9. The van der Waals surface area contributed by atoms with Crippen LogP contribution in [0.25, 0.3) is 11.1 Å². The van der Waals surface area contributed by atoms with E-state index in [2.05, 4.69) is 72.0 Å². The van der Waals surface area contributed by atoms with E-state index in [1.165, 1.54) is 14.7 Å². The number of rotatable bonds is 1. The topological polar surface area (TPSA) is 0 Å². The Morgan fingerprint density at radius 2 is 1.79 bits per heavy atom. The Labute approximate surface area is 98.1 Å². The lowest BCUT2D eigenvalue weighted by Crippen LogP contribution is -1.79. The summed E-state index contributed by atoms with van der Waals surface area (Å²) in [5, 5.41) is 0. The maximum absolute atomic E-state index is 3.24. The van der Waals surface area contributed by atoms with Gasteiger partial charge in [0.15, 0.2) is 0 Å². The molecule has 1 heteroatoms. The van der Waals surface area contributed by atoms with E-state index in [1.807, 2.05) is 6.07 Å². The fourth-order valence-electron chi connectivity index (χ4n) is 1.34. The summed E-state index contributed by atoms with van der Waals surface area (Å²) >= 11 is 2.32. The van der Waals surface area contributed by atoms with Gasteiger partial charge in [-0.15, -0.1) is 0 Å². The number of hydrogen-bond acceptors (Lipinski definition) is 0. The summed E-state index contributed by atoms with van der Waals surface area (Å²) in [5.41, 5.74) is 3.69. The molecule has 0 aliphatic rings. The van der Waals surface area contributed by atoms with Crippen LogP contribution in [0.3, 0.4) is 0 Å². The molecule has 2 aromatic carbocycles. The van der Waals surface area contributed by atoms with Crippen LogP contribution in [-0.2, 0) is 0 Å². The van der Waals surface area contributed by atoms with Crippen LogP contribution >= 0.6 is 22.6 Å². The monoisotopic (exact) mass is 293 g/mol. The summed E-state index contributed by atoms with van der Waals surface area (Å²) in [7, 11) is 0. The van der Waals surface area contributed by atoms with Gasteiger partial charge in [-0.05, 0) is 58.8 Å². The molecule has 14 heavy (non-hydrogen) atoms. The zero-order valence-corrected chi connectivity index (χ0v) is 10.1. The molecule has 2 rings (SSSR count). The SMILES string of the molecule is Cc1ccc(-c2[c]ccc(I)c2)cc1. The van der Waals surface area contributed by atoms with Crippen molar-refractivity contribution in [3.8, 4) is 11.1 Å². The predicted octanol–water partition coefficient (Wildman–Crippen LogP) is 4.07. The van der Waals surface area contributed by atoms with Crippen molar-refractivity contribution >= 4 is 22.6 Å². The van der Waals surface area contributed by atoms with Gasteiger partial charge in [-0.3, -0.25) is 0 Å². The van der Waals surface area contributed by atoms with Crippen molar-refractivity contribution in [3.63, 3.8) is 0 Å². The van der Waals surface area contributed by atoms with Crippen molar-refractivity contribution in [1.82, 2.24) is 0 Å². The van der Waals surface area contributed by atoms with Crippen molar-refractivity contribution in [3.05, 3.63) is 57.7 Å². The van der Waals surface area contributed by atoms with Crippen LogP contribution in [-0.4, -0.2) is 0 Å². The average Bonchev–Trinajstić information content (AvgIpc) is 2.19. The molecule has 0 N–H and O–H groups in total. The van der Waals surface area contributed by atoms with Crippen molar-refractivity contribution in [2.75, 3.05) is 0 Å². The average molecular weight is 293 g/mol. The van der Waals surface area contributed by atoms with Crippen LogP contribution < -0.4 is 0 Å². The summed E-state index contributed by atoms with van der Waals surface area (Å²) in [4.78, 5) is 0. The Kier molecular flexibility index (Phi) is 2.87. The predicted molar refractivity (Wildman–Crippen MR) is 68.2 cm³/mol.